The van der Waals surface area contributed by atoms with Crippen LogP contribution in [0.4, 0.5) is 30.4 Å². The number of benzene rings is 1. The quantitative estimate of drug-likeness (QED) is 0.796. The van der Waals surface area contributed by atoms with Crippen LogP contribution in [0.2, 0.25) is 0 Å². The van der Waals surface area contributed by atoms with Crippen LogP contribution in [-0.2, 0) is 13.2 Å². The van der Waals surface area contributed by atoms with E-state index in [0.29, 0.717) is 18.7 Å². The molecule has 27 heavy (non-hydrogen) atoms. The third-order valence-electron chi connectivity index (χ3n) is 4.48. The molecule has 1 aromatic carbocycles. The van der Waals surface area contributed by atoms with E-state index in [4.69, 9.17) is 5.73 Å². The largest absolute Gasteiger partial charge is 0.416 e. The van der Waals surface area contributed by atoms with Gasteiger partial charge in [-0.2, -0.15) is 18.3 Å². The maximum Gasteiger partial charge on any atom is 0.416 e. The van der Waals surface area contributed by atoms with Gasteiger partial charge in [0.1, 0.15) is 5.56 Å². The molecule has 2 aromatic rings. The predicted molar refractivity (Wildman–Crippen MR) is 95.7 cm³/mol. The van der Waals surface area contributed by atoms with Crippen molar-refractivity contribution in [2.24, 2.45) is 7.05 Å². The van der Waals surface area contributed by atoms with Crippen LogP contribution in [-0.4, -0.2) is 58.7 Å². The number of aryl methyl sites for hydroxylation is 1. The van der Waals surface area contributed by atoms with Crippen molar-refractivity contribution in [2.75, 3.05) is 44.3 Å². The summed E-state index contributed by atoms with van der Waals surface area (Å²) in [4.78, 5) is 16.7. The van der Waals surface area contributed by atoms with E-state index in [2.05, 4.69) is 15.3 Å². The Morgan fingerprint density at radius 1 is 1.19 bits per heavy atom. The zero-order valence-corrected chi connectivity index (χ0v) is 15.0. The number of hydrogen-bond donors (Lipinski definition) is 2. The number of carbonyl (C=O) groups is 1. The number of rotatable bonds is 3. The topological polar surface area (TPSA) is 79.4 Å². The predicted octanol–water partition coefficient (Wildman–Crippen LogP) is 2.15. The van der Waals surface area contributed by atoms with Crippen LogP contribution in [0.25, 0.3) is 0 Å². The van der Waals surface area contributed by atoms with Gasteiger partial charge in [-0.3, -0.25) is 9.48 Å². The number of anilines is 3. The van der Waals surface area contributed by atoms with Crippen LogP contribution in [0.15, 0.2) is 24.4 Å². The van der Waals surface area contributed by atoms with E-state index in [-0.39, 0.29) is 23.1 Å². The first-order valence-electron chi connectivity index (χ1n) is 8.40. The molecule has 1 saturated heterocycles. The van der Waals surface area contributed by atoms with Crippen LogP contribution in [0.3, 0.4) is 0 Å². The van der Waals surface area contributed by atoms with E-state index in [1.165, 1.54) is 10.7 Å². The van der Waals surface area contributed by atoms with Gasteiger partial charge < -0.3 is 20.9 Å². The summed E-state index contributed by atoms with van der Waals surface area (Å²) in [5, 5.41) is 7.11. The van der Waals surface area contributed by atoms with Crippen LogP contribution >= 0.6 is 0 Å². The third kappa shape index (κ3) is 4.16. The number of nitrogens with zero attached hydrogens (tertiary/aromatic N) is 4. The number of likely N-dealkylation sites (N-methyl/N-ethyl adjacent to an activating group) is 1. The average Bonchev–Trinajstić information content (AvgIpc) is 2.96. The van der Waals surface area contributed by atoms with Gasteiger partial charge >= 0.3 is 6.18 Å². The smallest absolute Gasteiger partial charge is 0.397 e. The summed E-state index contributed by atoms with van der Waals surface area (Å²) in [7, 11) is 3.66. The molecule has 10 heteroatoms. The number of nitrogens with one attached hydrogen (secondary N) is 1. The van der Waals surface area contributed by atoms with Gasteiger partial charge in [-0.25, -0.2) is 0 Å². The Hall–Kier alpha value is -2.75. The second-order valence-corrected chi connectivity index (χ2v) is 6.59. The van der Waals surface area contributed by atoms with Gasteiger partial charge in [0.25, 0.3) is 5.91 Å². The standard InChI is InChI=1S/C17H21F3N6O/c1-24-5-7-26(8-6-24)16(27)12-10-25(2)23-15(12)22-14-4-3-11(9-13(14)21)17(18,19)20/h3-4,9-10H,5-8,21H2,1-2H3,(H,22,23). The molecule has 0 spiro atoms. The van der Waals surface area contributed by atoms with Gasteiger partial charge in [0, 0.05) is 39.4 Å². The van der Waals surface area contributed by atoms with Gasteiger partial charge in [-0.05, 0) is 25.2 Å². The van der Waals surface area contributed by atoms with Crippen LogP contribution in [0.5, 0.6) is 0 Å². The summed E-state index contributed by atoms with van der Waals surface area (Å²) in [5.74, 6) is 0.0806. The molecule has 1 fully saturated rings. The van der Waals surface area contributed by atoms with Crippen LogP contribution in [0, 0.1) is 0 Å². The number of alkyl halides is 3. The number of nitrogens with two attached hydrogens (primary N) is 1. The monoisotopic (exact) mass is 382 g/mol. The Morgan fingerprint density at radius 2 is 1.85 bits per heavy atom. The van der Waals surface area contributed by atoms with Gasteiger partial charge in [0.05, 0.1) is 16.9 Å². The minimum Gasteiger partial charge on any atom is -0.397 e. The zero-order valence-electron chi connectivity index (χ0n) is 15.0. The fraction of sp³-hybridized carbons (Fsp3) is 0.412. The lowest BCUT2D eigenvalue weighted by atomic mass is 10.1. The lowest BCUT2D eigenvalue weighted by molar-refractivity contribution is -0.137. The first kappa shape index (κ1) is 19.0. The van der Waals surface area contributed by atoms with Crippen molar-refractivity contribution < 1.29 is 18.0 Å². The van der Waals surface area contributed by atoms with Crippen molar-refractivity contribution in [2.45, 2.75) is 6.18 Å². The molecule has 1 aromatic heterocycles. The van der Waals surface area contributed by atoms with Crippen molar-refractivity contribution in [1.29, 1.82) is 0 Å². The molecule has 2 heterocycles. The molecule has 0 unspecified atom stereocenters. The molecule has 0 radical (unpaired) electrons. The highest BCUT2D eigenvalue weighted by molar-refractivity contribution is 5.99. The highest BCUT2D eigenvalue weighted by atomic mass is 19.4. The molecule has 1 amide bonds. The first-order chi connectivity index (χ1) is 12.6. The van der Waals surface area contributed by atoms with Crippen molar-refractivity contribution in [3.63, 3.8) is 0 Å². The number of piperazine rings is 1. The van der Waals surface area contributed by atoms with Gasteiger partial charge in [0.15, 0.2) is 5.82 Å². The molecule has 7 nitrogen and oxygen atoms in total. The van der Waals surface area contributed by atoms with E-state index in [9.17, 15) is 18.0 Å². The van der Waals surface area contributed by atoms with E-state index < -0.39 is 11.7 Å². The summed E-state index contributed by atoms with van der Waals surface area (Å²) in [6, 6.07) is 3.02. The minimum absolute atomic E-state index is 0.0755. The lowest BCUT2D eigenvalue weighted by Gasteiger charge is -2.32. The first-order valence-corrected chi connectivity index (χ1v) is 8.40. The molecule has 0 saturated carbocycles. The molecule has 3 rings (SSSR count). The maximum atomic E-state index is 12.8. The SMILES string of the molecule is CN1CCN(C(=O)c2cn(C)nc2Nc2ccc(C(F)(F)F)cc2N)CC1. The molecule has 146 valence electrons. The van der Waals surface area contributed by atoms with E-state index in [0.717, 1.165) is 25.2 Å². The molecule has 1 aliphatic rings. The summed E-state index contributed by atoms with van der Waals surface area (Å²) < 4.78 is 39.8. The van der Waals surface area contributed by atoms with Crippen LogP contribution in [0.1, 0.15) is 15.9 Å². The highest BCUT2D eigenvalue weighted by Gasteiger charge is 2.31. The fourth-order valence-electron chi connectivity index (χ4n) is 2.90. The molecule has 0 bridgehead atoms. The fourth-order valence-corrected chi connectivity index (χ4v) is 2.90. The maximum absolute atomic E-state index is 12.8. The van der Waals surface area contributed by atoms with Crippen molar-refractivity contribution >= 4 is 23.1 Å². The number of nitrogen functional groups attached to an aromatic ring is 1. The number of carbonyl (C=O) groups excluding carboxylic acids is 1. The summed E-state index contributed by atoms with van der Waals surface area (Å²) in [5.41, 5.74) is 5.46. The molecule has 0 atom stereocenters. The van der Waals surface area contributed by atoms with E-state index in [1.807, 2.05) is 7.05 Å². The van der Waals surface area contributed by atoms with Crippen LogP contribution < -0.4 is 11.1 Å². The lowest BCUT2D eigenvalue weighted by Crippen LogP contribution is -2.47. The Kier molecular flexibility index (Phi) is 5.01. The number of amides is 1. The Labute approximate surface area is 154 Å². The molecule has 3 N–H and O–H groups in total. The summed E-state index contributed by atoms with van der Waals surface area (Å²) in [6.45, 7) is 2.76. The van der Waals surface area contributed by atoms with E-state index in [1.54, 1.807) is 18.1 Å². The Morgan fingerprint density at radius 3 is 2.44 bits per heavy atom. The number of hydrogen-bond acceptors (Lipinski definition) is 5. The van der Waals surface area contributed by atoms with Crippen molar-refractivity contribution in [3.05, 3.63) is 35.5 Å². The molecule has 1 aliphatic heterocycles. The Bertz CT molecular complexity index is 840. The van der Waals surface area contributed by atoms with Crippen molar-refractivity contribution in [1.82, 2.24) is 19.6 Å². The minimum atomic E-state index is -4.47. The number of halogens is 3. The molecular weight excluding hydrogens is 361 g/mol. The number of aromatic nitrogens is 2. The zero-order chi connectivity index (χ0) is 19.8. The average molecular weight is 382 g/mol. The van der Waals surface area contributed by atoms with Gasteiger partial charge in [-0.1, -0.05) is 0 Å². The normalized spacial score (nSPS) is 15.8. The van der Waals surface area contributed by atoms with Gasteiger partial charge in [-0.15, -0.1) is 0 Å². The second kappa shape index (κ2) is 7.10. The highest BCUT2D eigenvalue weighted by Crippen LogP contribution is 2.34. The van der Waals surface area contributed by atoms with Crippen molar-refractivity contribution in [3.8, 4) is 0 Å². The molecule has 0 aliphatic carbocycles. The third-order valence-corrected chi connectivity index (χ3v) is 4.48. The van der Waals surface area contributed by atoms with E-state index >= 15 is 0 Å². The summed E-state index contributed by atoms with van der Waals surface area (Å²) in [6.07, 6.45) is -2.89. The Balaban J connectivity index is 1.83. The molecular formula is C17H21F3N6O. The summed E-state index contributed by atoms with van der Waals surface area (Å²) >= 11 is 0. The van der Waals surface area contributed by atoms with Gasteiger partial charge in [0.2, 0.25) is 0 Å². The second-order valence-electron chi connectivity index (χ2n) is 6.59.